The molecular formula is C25H34ClN3O4S. The zero-order valence-corrected chi connectivity index (χ0v) is 22.0. The van der Waals surface area contributed by atoms with Gasteiger partial charge in [-0.05, 0) is 69.0 Å². The molecule has 9 heteroatoms. The van der Waals surface area contributed by atoms with Gasteiger partial charge in [-0.1, -0.05) is 35.9 Å². The molecule has 0 fully saturated rings. The number of sulfonamides is 1. The Bertz CT molecular complexity index is 1120. The highest BCUT2D eigenvalue weighted by atomic mass is 35.5. The van der Waals surface area contributed by atoms with E-state index in [1.807, 2.05) is 39.0 Å². The maximum atomic E-state index is 13.2. The number of amides is 2. The van der Waals surface area contributed by atoms with Crippen molar-refractivity contribution in [2.45, 2.75) is 53.1 Å². The number of hydrogen-bond donors (Lipinski definition) is 1. The van der Waals surface area contributed by atoms with E-state index < -0.39 is 16.1 Å². The monoisotopic (exact) mass is 507 g/mol. The zero-order chi connectivity index (χ0) is 25.5. The molecule has 0 saturated carbocycles. The second kappa shape index (κ2) is 12.2. The van der Waals surface area contributed by atoms with Crippen LogP contribution in [0.15, 0.2) is 42.5 Å². The Morgan fingerprint density at radius 2 is 1.79 bits per heavy atom. The Morgan fingerprint density at radius 3 is 2.41 bits per heavy atom. The molecule has 2 aromatic rings. The van der Waals surface area contributed by atoms with E-state index in [1.54, 1.807) is 31.2 Å². The van der Waals surface area contributed by atoms with Gasteiger partial charge in [0.05, 0.1) is 11.9 Å². The number of likely N-dealkylation sites (N-methyl/N-ethyl adjacent to an activating group) is 1. The molecule has 0 spiro atoms. The van der Waals surface area contributed by atoms with Gasteiger partial charge in [0.1, 0.15) is 6.04 Å². The quantitative estimate of drug-likeness (QED) is 0.497. The summed E-state index contributed by atoms with van der Waals surface area (Å²) in [6.45, 7) is 8.17. The number of aryl methyl sites for hydroxylation is 1. The van der Waals surface area contributed by atoms with Crippen molar-refractivity contribution in [3.05, 3.63) is 64.2 Å². The van der Waals surface area contributed by atoms with Crippen molar-refractivity contribution in [1.29, 1.82) is 0 Å². The standard InChI is InChI=1S/C25H34ClN3O4S/c1-6-27-25(31)20(4)28(17-21-11-8-12-22(26)16-21)24(30)14-9-15-29(34(5,32)33)23-13-7-10-18(2)19(23)3/h7-8,10-13,16,20H,6,9,14-15,17H2,1-5H3,(H,27,31)/t20-/m1/s1. The number of halogens is 1. The Hall–Kier alpha value is -2.58. The molecular weight excluding hydrogens is 474 g/mol. The highest BCUT2D eigenvalue weighted by Crippen LogP contribution is 2.25. The molecule has 0 aliphatic rings. The molecule has 2 aromatic carbocycles. The largest absolute Gasteiger partial charge is 0.355 e. The summed E-state index contributed by atoms with van der Waals surface area (Å²) in [5.41, 5.74) is 3.30. The third kappa shape index (κ3) is 7.46. The van der Waals surface area contributed by atoms with Crippen molar-refractivity contribution in [3.63, 3.8) is 0 Å². The number of nitrogens with one attached hydrogen (secondary N) is 1. The van der Waals surface area contributed by atoms with Crippen LogP contribution in [0.5, 0.6) is 0 Å². The molecule has 34 heavy (non-hydrogen) atoms. The first-order chi connectivity index (χ1) is 16.0. The van der Waals surface area contributed by atoms with Crippen LogP contribution in [-0.2, 0) is 26.2 Å². The molecule has 0 saturated heterocycles. The molecule has 0 radical (unpaired) electrons. The van der Waals surface area contributed by atoms with Gasteiger partial charge in [0, 0.05) is 31.1 Å². The molecule has 0 aromatic heterocycles. The third-order valence-electron chi connectivity index (χ3n) is 5.76. The highest BCUT2D eigenvalue weighted by Gasteiger charge is 2.26. The van der Waals surface area contributed by atoms with E-state index in [0.717, 1.165) is 16.7 Å². The van der Waals surface area contributed by atoms with Gasteiger partial charge in [0.15, 0.2) is 0 Å². The van der Waals surface area contributed by atoms with Crippen LogP contribution < -0.4 is 9.62 Å². The average molecular weight is 508 g/mol. The number of benzene rings is 2. The fraction of sp³-hybridized carbons (Fsp3) is 0.440. The lowest BCUT2D eigenvalue weighted by Gasteiger charge is -2.29. The van der Waals surface area contributed by atoms with Crippen molar-refractivity contribution in [2.75, 3.05) is 23.7 Å². The predicted octanol–water partition coefficient (Wildman–Crippen LogP) is 4.06. The molecule has 1 atom stereocenters. The minimum Gasteiger partial charge on any atom is -0.355 e. The molecule has 0 unspecified atom stereocenters. The molecule has 0 bridgehead atoms. The van der Waals surface area contributed by atoms with Crippen molar-refractivity contribution in [1.82, 2.24) is 10.2 Å². The van der Waals surface area contributed by atoms with Crippen LogP contribution in [0.25, 0.3) is 0 Å². The molecule has 0 aliphatic heterocycles. The van der Waals surface area contributed by atoms with Crippen LogP contribution in [0.3, 0.4) is 0 Å². The van der Waals surface area contributed by atoms with Crippen LogP contribution in [0.2, 0.25) is 5.02 Å². The minimum absolute atomic E-state index is 0.0984. The number of carbonyl (C=O) groups is 2. The Morgan fingerprint density at radius 1 is 1.12 bits per heavy atom. The summed E-state index contributed by atoms with van der Waals surface area (Å²) in [6.07, 6.45) is 1.58. The first kappa shape index (κ1) is 27.7. The van der Waals surface area contributed by atoms with E-state index in [9.17, 15) is 18.0 Å². The van der Waals surface area contributed by atoms with Crippen LogP contribution in [0.4, 0.5) is 5.69 Å². The SMILES string of the molecule is CCNC(=O)[C@@H](C)N(Cc1cccc(Cl)c1)C(=O)CCCN(c1cccc(C)c1C)S(C)(=O)=O. The minimum atomic E-state index is -3.54. The van der Waals surface area contributed by atoms with E-state index >= 15 is 0 Å². The Balaban J connectivity index is 2.19. The first-order valence-electron chi connectivity index (χ1n) is 11.3. The van der Waals surface area contributed by atoms with Crippen molar-refractivity contribution >= 4 is 39.1 Å². The van der Waals surface area contributed by atoms with Gasteiger partial charge in [-0.25, -0.2) is 8.42 Å². The van der Waals surface area contributed by atoms with Gasteiger partial charge in [0.2, 0.25) is 21.8 Å². The third-order valence-corrected chi connectivity index (χ3v) is 7.17. The molecule has 0 heterocycles. The van der Waals surface area contributed by atoms with Gasteiger partial charge in [-0.2, -0.15) is 0 Å². The van der Waals surface area contributed by atoms with Crippen molar-refractivity contribution < 1.29 is 18.0 Å². The van der Waals surface area contributed by atoms with Crippen LogP contribution in [0, 0.1) is 13.8 Å². The molecule has 7 nitrogen and oxygen atoms in total. The smallest absolute Gasteiger partial charge is 0.242 e. The fourth-order valence-corrected chi connectivity index (χ4v) is 4.95. The van der Waals surface area contributed by atoms with Crippen LogP contribution >= 0.6 is 11.6 Å². The first-order valence-corrected chi connectivity index (χ1v) is 13.5. The second-order valence-electron chi connectivity index (χ2n) is 8.38. The molecule has 2 rings (SSSR count). The van der Waals surface area contributed by atoms with E-state index in [4.69, 9.17) is 11.6 Å². The summed E-state index contributed by atoms with van der Waals surface area (Å²) in [4.78, 5) is 27.2. The summed E-state index contributed by atoms with van der Waals surface area (Å²) in [7, 11) is -3.54. The van der Waals surface area contributed by atoms with Gasteiger partial charge < -0.3 is 10.2 Å². The van der Waals surface area contributed by atoms with E-state index in [0.29, 0.717) is 23.7 Å². The van der Waals surface area contributed by atoms with Crippen LogP contribution in [0.1, 0.15) is 43.4 Å². The Kier molecular flexibility index (Phi) is 9.94. The van der Waals surface area contributed by atoms with Crippen molar-refractivity contribution in [3.8, 4) is 0 Å². The number of hydrogen-bond acceptors (Lipinski definition) is 4. The predicted molar refractivity (Wildman–Crippen MR) is 137 cm³/mol. The number of rotatable bonds is 11. The molecule has 186 valence electrons. The van der Waals surface area contributed by atoms with E-state index in [1.165, 1.54) is 15.5 Å². The molecule has 2 amide bonds. The maximum Gasteiger partial charge on any atom is 0.242 e. The topological polar surface area (TPSA) is 86.8 Å². The van der Waals surface area contributed by atoms with Gasteiger partial charge in [-0.15, -0.1) is 0 Å². The lowest BCUT2D eigenvalue weighted by Crippen LogP contribution is -2.47. The van der Waals surface area contributed by atoms with Crippen molar-refractivity contribution in [2.24, 2.45) is 0 Å². The summed E-state index contributed by atoms with van der Waals surface area (Å²) < 4.78 is 26.4. The molecule has 1 N–H and O–H groups in total. The van der Waals surface area contributed by atoms with Crippen LogP contribution in [-0.4, -0.2) is 50.5 Å². The summed E-state index contributed by atoms with van der Waals surface area (Å²) in [5, 5.41) is 3.31. The Labute approximate surface area is 208 Å². The summed E-state index contributed by atoms with van der Waals surface area (Å²) >= 11 is 6.10. The summed E-state index contributed by atoms with van der Waals surface area (Å²) in [6, 6.07) is 12.0. The van der Waals surface area contributed by atoms with Gasteiger partial charge in [-0.3, -0.25) is 13.9 Å². The lowest BCUT2D eigenvalue weighted by atomic mass is 10.1. The fourth-order valence-electron chi connectivity index (χ4n) is 3.72. The normalized spacial score (nSPS) is 12.2. The number of nitrogens with zero attached hydrogens (tertiary/aromatic N) is 2. The molecule has 0 aliphatic carbocycles. The zero-order valence-electron chi connectivity index (χ0n) is 20.5. The number of carbonyl (C=O) groups excluding carboxylic acids is 2. The lowest BCUT2D eigenvalue weighted by molar-refractivity contribution is -0.140. The second-order valence-corrected chi connectivity index (χ2v) is 10.7. The average Bonchev–Trinajstić information content (AvgIpc) is 2.76. The van der Waals surface area contributed by atoms with E-state index in [2.05, 4.69) is 5.32 Å². The maximum absolute atomic E-state index is 13.2. The highest BCUT2D eigenvalue weighted by molar-refractivity contribution is 7.92. The summed E-state index contributed by atoms with van der Waals surface area (Å²) in [5.74, 6) is -0.473. The van der Waals surface area contributed by atoms with Gasteiger partial charge >= 0.3 is 0 Å². The van der Waals surface area contributed by atoms with E-state index in [-0.39, 0.29) is 31.3 Å². The van der Waals surface area contributed by atoms with Gasteiger partial charge in [0.25, 0.3) is 0 Å². The number of anilines is 1.